The van der Waals surface area contributed by atoms with Crippen molar-refractivity contribution in [1.82, 2.24) is 9.97 Å². The zero-order chi connectivity index (χ0) is 41.6. The molecule has 2 heterocycles. The van der Waals surface area contributed by atoms with Gasteiger partial charge in [0.2, 0.25) is 0 Å². The molecule has 0 fully saturated rings. The van der Waals surface area contributed by atoms with Crippen LogP contribution in [0.4, 0.5) is 0 Å². The number of hydrogen-bond donors (Lipinski definition) is 0. The summed E-state index contributed by atoms with van der Waals surface area (Å²) in [6.45, 7) is 2.23. The molecule has 11 aromatic carbocycles. The highest BCUT2D eigenvalue weighted by atomic mass is 14.7. The van der Waals surface area contributed by atoms with Gasteiger partial charge in [0.15, 0.2) is 0 Å². The summed E-state index contributed by atoms with van der Waals surface area (Å²) in [6.07, 6.45) is 3.72. The molecule has 0 saturated heterocycles. The number of rotatable bonds is 4. The van der Waals surface area contributed by atoms with Crippen LogP contribution in [0.3, 0.4) is 0 Å². The van der Waals surface area contributed by atoms with Gasteiger partial charge in [-0.05, 0) is 146 Å². The molecular weight excluding hydrogens is 761 g/mol. The van der Waals surface area contributed by atoms with Crippen molar-refractivity contribution in [3.63, 3.8) is 0 Å². The van der Waals surface area contributed by atoms with E-state index in [1.54, 1.807) is 0 Å². The second kappa shape index (κ2) is 13.9. The molecule has 292 valence electrons. The van der Waals surface area contributed by atoms with Crippen LogP contribution in [-0.2, 0) is 0 Å². The minimum absolute atomic E-state index is 0.925. The van der Waals surface area contributed by atoms with E-state index in [4.69, 9.17) is 9.97 Å². The first-order valence-electron chi connectivity index (χ1n) is 21.7. The summed E-state index contributed by atoms with van der Waals surface area (Å²) in [4.78, 5) is 9.61. The minimum Gasteiger partial charge on any atom is -0.254 e. The zero-order valence-electron chi connectivity index (χ0n) is 34.6. The van der Waals surface area contributed by atoms with Crippen molar-refractivity contribution in [2.75, 3.05) is 0 Å². The van der Waals surface area contributed by atoms with Crippen LogP contribution >= 0.6 is 0 Å². The highest BCUT2D eigenvalue weighted by Gasteiger charge is 2.20. The van der Waals surface area contributed by atoms with Gasteiger partial charge in [0, 0.05) is 23.2 Å². The third kappa shape index (κ3) is 5.45. The van der Waals surface area contributed by atoms with Gasteiger partial charge in [0.25, 0.3) is 0 Å². The van der Waals surface area contributed by atoms with E-state index >= 15 is 0 Å². The molecule has 0 radical (unpaired) electrons. The molecule has 0 atom stereocenters. The summed E-state index contributed by atoms with van der Waals surface area (Å²) >= 11 is 0. The Kier molecular flexibility index (Phi) is 7.85. The van der Waals surface area contributed by atoms with Crippen LogP contribution in [0.5, 0.6) is 0 Å². The van der Waals surface area contributed by atoms with Crippen LogP contribution in [-0.4, -0.2) is 9.97 Å². The maximum Gasteiger partial charge on any atom is 0.0970 e. The molecule has 0 saturated carbocycles. The van der Waals surface area contributed by atoms with E-state index in [1.807, 2.05) is 24.5 Å². The number of fused-ring (bicyclic) bond motifs is 11. The van der Waals surface area contributed by atoms with Gasteiger partial charge in [-0.25, -0.2) is 0 Å². The Balaban J connectivity index is 0.950. The first kappa shape index (κ1) is 35.5. The maximum atomic E-state index is 4.86. The fourth-order valence-electron chi connectivity index (χ4n) is 10.6. The van der Waals surface area contributed by atoms with Crippen molar-refractivity contribution in [3.05, 3.63) is 218 Å². The van der Waals surface area contributed by atoms with E-state index in [0.717, 1.165) is 21.8 Å². The fourth-order valence-corrected chi connectivity index (χ4v) is 10.6. The molecule has 2 nitrogen and oxygen atoms in total. The molecule has 63 heavy (non-hydrogen) atoms. The molecule has 2 aromatic heterocycles. The van der Waals surface area contributed by atoms with Gasteiger partial charge < -0.3 is 0 Å². The average Bonchev–Trinajstić information content (AvgIpc) is 3.35. The lowest BCUT2D eigenvalue weighted by molar-refractivity contribution is 1.37. The molecule has 13 rings (SSSR count). The van der Waals surface area contributed by atoms with Crippen molar-refractivity contribution in [3.8, 4) is 44.5 Å². The Morgan fingerprint density at radius 3 is 1.52 bits per heavy atom. The molecule has 0 aliphatic rings. The van der Waals surface area contributed by atoms with Gasteiger partial charge in [-0.15, -0.1) is 0 Å². The normalized spacial score (nSPS) is 11.9. The predicted octanol–water partition coefficient (Wildman–Crippen LogP) is 16.7. The number of nitrogens with zero attached hydrogens (tertiary/aromatic N) is 2. The van der Waals surface area contributed by atoms with Gasteiger partial charge in [-0.2, -0.15) is 0 Å². The first-order chi connectivity index (χ1) is 31.2. The molecule has 2 heteroatoms. The van der Waals surface area contributed by atoms with Gasteiger partial charge >= 0.3 is 0 Å². The Morgan fingerprint density at radius 2 is 0.810 bits per heavy atom. The van der Waals surface area contributed by atoms with Crippen molar-refractivity contribution in [2.45, 2.75) is 6.92 Å². The molecular formula is C61H38N2. The first-order valence-corrected chi connectivity index (χ1v) is 21.7. The third-order valence-corrected chi connectivity index (χ3v) is 13.4. The number of pyridine rings is 2. The van der Waals surface area contributed by atoms with Crippen LogP contribution in [0.15, 0.2) is 213 Å². The number of aromatic nitrogens is 2. The van der Waals surface area contributed by atoms with E-state index in [9.17, 15) is 0 Å². The van der Waals surface area contributed by atoms with E-state index in [-0.39, 0.29) is 0 Å². The lowest BCUT2D eigenvalue weighted by Crippen LogP contribution is -1.93. The summed E-state index contributed by atoms with van der Waals surface area (Å²) < 4.78 is 0. The highest BCUT2D eigenvalue weighted by molar-refractivity contribution is 6.26. The van der Waals surface area contributed by atoms with Crippen LogP contribution in [0.2, 0.25) is 0 Å². The quantitative estimate of drug-likeness (QED) is 0.131. The summed E-state index contributed by atoms with van der Waals surface area (Å²) in [5.41, 5.74) is 12.9. The van der Waals surface area contributed by atoms with Crippen LogP contribution < -0.4 is 0 Å². The van der Waals surface area contributed by atoms with E-state index in [0.29, 0.717) is 0 Å². The standard InChI is InChI=1S/C61H38N2/c1-37-11-6-12-39-27-28-41-14-8-21-50(58(41)55(37)39)49-20-7-13-40-29-30-44-35-43(31-32-46(44)56(40)49)38-23-25-42(26-24-38)57-47-16-2-4-18-51(47)59(52-19-5-3-17-48(52)57)54-36-45-15-9-33-62-60(45)61-53(54)22-10-34-63-61/h2-36H,1H3. The molecule has 0 aliphatic carbocycles. The van der Waals surface area contributed by atoms with Crippen LogP contribution in [0.25, 0.3) is 131 Å². The van der Waals surface area contributed by atoms with Crippen LogP contribution in [0, 0.1) is 6.92 Å². The minimum atomic E-state index is 0.925. The molecule has 0 spiro atoms. The zero-order valence-corrected chi connectivity index (χ0v) is 34.6. The number of aryl methyl sites for hydroxylation is 1. The predicted molar refractivity (Wildman–Crippen MR) is 269 cm³/mol. The second-order valence-electron chi connectivity index (χ2n) is 16.9. The molecule has 0 amide bonds. The third-order valence-electron chi connectivity index (χ3n) is 13.4. The van der Waals surface area contributed by atoms with Crippen molar-refractivity contribution in [1.29, 1.82) is 0 Å². The smallest absolute Gasteiger partial charge is 0.0970 e. The topological polar surface area (TPSA) is 25.8 Å². The lowest BCUT2D eigenvalue weighted by atomic mass is 9.84. The number of hydrogen-bond acceptors (Lipinski definition) is 2. The molecule has 0 bridgehead atoms. The van der Waals surface area contributed by atoms with Gasteiger partial charge in [0.05, 0.1) is 11.0 Å². The molecule has 0 aliphatic heterocycles. The van der Waals surface area contributed by atoms with Gasteiger partial charge in [-0.1, -0.05) is 176 Å². The van der Waals surface area contributed by atoms with E-state index < -0.39 is 0 Å². The SMILES string of the molecule is Cc1cccc2ccc3cccc(-c4cccc5ccc6cc(-c7ccc(-c8c9ccccc9c(-c9cc%10cccnc%10c%10ncccc9%10)c9ccccc89)cc7)ccc6c45)c3c12. The van der Waals surface area contributed by atoms with E-state index in [2.05, 4.69) is 195 Å². The van der Waals surface area contributed by atoms with E-state index in [1.165, 1.54) is 115 Å². The number of benzene rings is 11. The highest BCUT2D eigenvalue weighted by Crippen LogP contribution is 2.47. The summed E-state index contributed by atoms with van der Waals surface area (Å²) in [5.74, 6) is 0. The largest absolute Gasteiger partial charge is 0.254 e. The van der Waals surface area contributed by atoms with Crippen molar-refractivity contribution < 1.29 is 0 Å². The average molecular weight is 799 g/mol. The summed E-state index contributed by atoms with van der Waals surface area (Å²) in [5, 5.41) is 17.3. The lowest BCUT2D eigenvalue weighted by Gasteiger charge is -2.19. The maximum absolute atomic E-state index is 4.86. The van der Waals surface area contributed by atoms with Crippen LogP contribution in [0.1, 0.15) is 5.56 Å². The van der Waals surface area contributed by atoms with Crippen molar-refractivity contribution >= 4 is 86.4 Å². The summed E-state index contributed by atoms with van der Waals surface area (Å²) in [6, 6.07) is 73.8. The fraction of sp³-hybridized carbons (Fsp3) is 0.0164. The molecule has 13 aromatic rings. The van der Waals surface area contributed by atoms with Gasteiger partial charge in [-0.3, -0.25) is 9.97 Å². The second-order valence-corrected chi connectivity index (χ2v) is 16.9. The Morgan fingerprint density at radius 1 is 0.286 bits per heavy atom. The Labute approximate surface area is 364 Å². The Hall–Kier alpha value is -8.20. The summed E-state index contributed by atoms with van der Waals surface area (Å²) in [7, 11) is 0. The molecule has 0 N–H and O–H groups in total. The monoisotopic (exact) mass is 798 g/mol. The molecule has 0 unspecified atom stereocenters. The van der Waals surface area contributed by atoms with Crippen molar-refractivity contribution in [2.24, 2.45) is 0 Å². The van der Waals surface area contributed by atoms with Gasteiger partial charge in [0.1, 0.15) is 0 Å². The Bertz CT molecular complexity index is 3970.